The van der Waals surface area contributed by atoms with E-state index in [1.54, 1.807) is 17.2 Å². The van der Waals surface area contributed by atoms with Crippen LogP contribution in [0.3, 0.4) is 0 Å². The van der Waals surface area contributed by atoms with E-state index in [4.69, 9.17) is 27.9 Å². The lowest BCUT2D eigenvalue weighted by molar-refractivity contribution is -0.133. The molecule has 1 saturated heterocycles. The lowest BCUT2D eigenvalue weighted by Gasteiger charge is -2.32. The van der Waals surface area contributed by atoms with Crippen molar-refractivity contribution in [2.75, 3.05) is 25.0 Å². The van der Waals surface area contributed by atoms with Gasteiger partial charge in [0.15, 0.2) is 5.65 Å². The second kappa shape index (κ2) is 14.4. The molecule has 5 aromatic rings. The number of hydrogen-bond donors (Lipinski definition) is 2. The number of nitrogens with zero attached hydrogens (tertiary/aromatic N) is 6. The van der Waals surface area contributed by atoms with Crippen LogP contribution in [0.4, 0.5) is 14.5 Å². The van der Waals surface area contributed by atoms with E-state index in [-0.39, 0.29) is 51.8 Å². The highest BCUT2D eigenvalue weighted by Gasteiger charge is 2.26. The molecule has 0 radical (unpaired) electrons. The zero-order valence-electron chi connectivity index (χ0n) is 25.0. The Bertz CT molecular complexity index is 1870. The molecule has 244 valence electrons. The van der Waals surface area contributed by atoms with Gasteiger partial charge in [-0.25, -0.2) is 9.50 Å². The van der Waals surface area contributed by atoms with Gasteiger partial charge in [0.05, 0.1) is 11.9 Å². The van der Waals surface area contributed by atoms with Crippen LogP contribution < -0.4 is 15.4 Å². The summed E-state index contributed by atoms with van der Waals surface area (Å²) in [4.78, 5) is 32.7. The molecule has 3 aromatic heterocycles. The minimum Gasteiger partial charge on any atom is -0.434 e. The molecule has 0 saturated carbocycles. The average Bonchev–Trinajstić information content (AvgIpc) is 3.67. The van der Waals surface area contributed by atoms with Gasteiger partial charge in [-0.1, -0.05) is 35.3 Å². The molecule has 1 fully saturated rings. The van der Waals surface area contributed by atoms with Gasteiger partial charge >= 0.3 is 6.61 Å². The molecule has 2 aromatic carbocycles. The summed E-state index contributed by atoms with van der Waals surface area (Å²) in [7, 11) is 0. The van der Waals surface area contributed by atoms with Crippen molar-refractivity contribution in [3.05, 3.63) is 94.5 Å². The Kier molecular flexibility index (Phi) is 9.95. The van der Waals surface area contributed by atoms with Crippen LogP contribution >= 0.6 is 23.2 Å². The fraction of sp³-hybridized carbons (Fsp3) is 0.281. The highest BCUT2D eigenvalue weighted by Crippen LogP contribution is 2.37. The standard InChI is InChI=1S/C32H30Cl2F2N8O3/c33-21-4-2-20(3-5-21)8-12-37-23-9-14-42(15-10-23)28(45)19-43-18-26(40-31(46)25-17-39-44-13-1-11-38-30(25)44)29(41-43)24-16-22(34)6-7-27(24)47-32(35)36/h1-7,11,13,16-18,23,32,37H,8-10,12,14-15,19H2,(H,40,46). The van der Waals surface area contributed by atoms with Crippen LogP contribution in [-0.4, -0.2) is 73.4 Å². The van der Waals surface area contributed by atoms with Crippen molar-refractivity contribution >= 4 is 46.4 Å². The van der Waals surface area contributed by atoms with Gasteiger partial charge < -0.3 is 20.3 Å². The van der Waals surface area contributed by atoms with Gasteiger partial charge in [-0.15, -0.1) is 0 Å². The Balaban J connectivity index is 1.16. The number of carbonyl (C=O) groups is 2. The number of fused-ring (bicyclic) bond motifs is 1. The van der Waals surface area contributed by atoms with Crippen molar-refractivity contribution in [1.29, 1.82) is 0 Å². The molecule has 0 unspecified atom stereocenters. The molecule has 0 atom stereocenters. The van der Waals surface area contributed by atoms with Gasteiger partial charge in [-0.2, -0.15) is 19.0 Å². The van der Waals surface area contributed by atoms with Crippen molar-refractivity contribution in [2.45, 2.75) is 38.5 Å². The first-order chi connectivity index (χ1) is 22.7. The smallest absolute Gasteiger partial charge is 0.387 e. The van der Waals surface area contributed by atoms with E-state index in [0.717, 1.165) is 25.8 Å². The molecule has 6 rings (SSSR count). The van der Waals surface area contributed by atoms with E-state index in [0.29, 0.717) is 23.8 Å². The predicted octanol–water partition coefficient (Wildman–Crippen LogP) is 5.58. The number of nitrogens with one attached hydrogen (secondary N) is 2. The van der Waals surface area contributed by atoms with E-state index in [1.807, 2.05) is 24.3 Å². The Morgan fingerprint density at radius 1 is 1.06 bits per heavy atom. The first-order valence-corrected chi connectivity index (χ1v) is 15.7. The highest BCUT2D eigenvalue weighted by atomic mass is 35.5. The minimum absolute atomic E-state index is 0.0947. The molecule has 47 heavy (non-hydrogen) atoms. The number of aromatic nitrogens is 5. The number of hydrogen-bond acceptors (Lipinski definition) is 7. The average molecular weight is 684 g/mol. The summed E-state index contributed by atoms with van der Waals surface area (Å²) in [5.74, 6) is -0.923. The number of likely N-dealkylation sites (tertiary alicyclic amines) is 1. The van der Waals surface area contributed by atoms with Crippen LogP contribution in [0.5, 0.6) is 5.75 Å². The molecular weight excluding hydrogens is 653 g/mol. The Labute approximate surface area is 278 Å². The summed E-state index contributed by atoms with van der Waals surface area (Å²) < 4.78 is 34.2. The Morgan fingerprint density at radius 3 is 2.60 bits per heavy atom. The van der Waals surface area contributed by atoms with E-state index < -0.39 is 12.5 Å². The van der Waals surface area contributed by atoms with Crippen LogP contribution in [0.2, 0.25) is 10.0 Å². The molecular formula is C32H30Cl2F2N8O3. The number of alkyl halides is 2. The third kappa shape index (κ3) is 7.87. The third-order valence-corrected chi connectivity index (χ3v) is 8.34. The number of halogens is 4. The molecule has 2 N–H and O–H groups in total. The van der Waals surface area contributed by atoms with Crippen molar-refractivity contribution in [3.8, 4) is 17.0 Å². The Hall–Kier alpha value is -4.59. The van der Waals surface area contributed by atoms with Crippen LogP contribution in [-0.2, 0) is 17.8 Å². The molecule has 2 amide bonds. The van der Waals surface area contributed by atoms with Crippen LogP contribution in [0.25, 0.3) is 16.9 Å². The highest BCUT2D eigenvalue weighted by molar-refractivity contribution is 6.31. The first kappa shape index (κ1) is 32.4. The number of carbonyl (C=O) groups excluding carboxylic acids is 2. The van der Waals surface area contributed by atoms with Gasteiger partial charge in [-0.3, -0.25) is 14.3 Å². The molecule has 1 aliphatic heterocycles. The molecule has 15 heteroatoms. The molecule has 0 aliphatic carbocycles. The van der Waals surface area contributed by atoms with Gasteiger partial charge in [-0.05, 0) is 67.8 Å². The summed E-state index contributed by atoms with van der Waals surface area (Å²) in [6.45, 7) is -1.30. The quantitative estimate of drug-likeness (QED) is 0.187. The zero-order chi connectivity index (χ0) is 32.9. The minimum atomic E-state index is -3.11. The van der Waals surface area contributed by atoms with Gasteiger partial charge in [0.2, 0.25) is 5.91 Å². The van der Waals surface area contributed by atoms with Crippen molar-refractivity contribution in [2.24, 2.45) is 0 Å². The van der Waals surface area contributed by atoms with E-state index in [9.17, 15) is 18.4 Å². The number of ether oxygens (including phenoxy) is 1. The Morgan fingerprint density at radius 2 is 1.83 bits per heavy atom. The monoisotopic (exact) mass is 682 g/mol. The maximum absolute atomic E-state index is 13.4. The fourth-order valence-corrected chi connectivity index (χ4v) is 5.80. The van der Waals surface area contributed by atoms with E-state index in [1.165, 1.54) is 51.6 Å². The molecule has 0 spiro atoms. The van der Waals surface area contributed by atoms with Gasteiger partial charge in [0.1, 0.15) is 23.6 Å². The fourth-order valence-electron chi connectivity index (χ4n) is 5.50. The number of piperidine rings is 1. The van der Waals surface area contributed by atoms with Crippen LogP contribution in [0.15, 0.2) is 73.3 Å². The van der Waals surface area contributed by atoms with Gasteiger partial charge in [0, 0.05) is 53.3 Å². The summed E-state index contributed by atoms with van der Waals surface area (Å²) >= 11 is 12.2. The molecule has 1 aliphatic rings. The summed E-state index contributed by atoms with van der Waals surface area (Å²) in [6, 6.07) is 13.9. The van der Waals surface area contributed by atoms with E-state index >= 15 is 0 Å². The second-order valence-electron chi connectivity index (χ2n) is 11.0. The lowest BCUT2D eigenvalue weighted by Crippen LogP contribution is -2.46. The number of benzene rings is 2. The van der Waals surface area contributed by atoms with Crippen molar-refractivity contribution in [1.82, 2.24) is 34.6 Å². The summed E-state index contributed by atoms with van der Waals surface area (Å²) in [6.07, 6.45) is 8.48. The van der Waals surface area contributed by atoms with Crippen LogP contribution in [0.1, 0.15) is 28.8 Å². The third-order valence-electron chi connectivity index (χ3n) is 7.85. The summed E-state index contributed by atoms with van der Waals surface area (Å²) in [5, 5.41) is 16.0. The molecule has 0 bridgehead atoms. The molecule has 11 nitrogen and oxygen atoms in total. The number of amides is 2. The topological polar surface area (TPSA) is 119 Å². The lowest BCUT2D eigenvalue weighted by atomic mass is 10.0. The summed E-state index contributed by atoms with van der Waals surface area (Å²) in [5.41, 5.74) is 2.06. The van der Waals surface area contributed by atoms with Crippen molar-refractivity contribution in [3.63, 3.8) is 0 Å². The maximum atomic E-state index is 13.4. The normalized spacial score (nSPS) is 13.8. The zero-order valence-corrected chi connectivity index (χ0v) is 26.5. The van der Waals surface area contributed by atoms with Crippen molar-refractivity contribution < 1.29 is 23.1 Å². The second-order valence-corrected chi connectivity index (χ2v) is 11.9. The largest absolute Gasteiger partial charge is 0.434 e. The number of anilines is 1. The maximum Gasteiger partial charge on any atom is 0.387 e. The van der Waals surface area contributed by atoms with Crippen LogP contribution in [0, 0.1) is 0 Å². The van der Waals surface area contributed by atoms with Gasteiger partial charge in [0.25, 0.3) is 5.91 Å². The first-order valence-electron chi connectivity index (χ1n) is 14.9. The SMILES string of the molecule is O=C(Nc1cn(CC(=O)N2CCC(NCCc3ccc(Cl)cc3)CC2)nc1-c1cc(Cl)ccc1OC(F)F)c1cnn2cccnc12. The van der Waals surface area contributed by atoms with E-state index in [2.05, 4.69) is 25.8 Å². The number of rotatable bonds is 11. The predicted molar refractivity (Wildman–Crippen MR) is 173 cm³/mol. The molecule has 4 heterocycles.